The molecule has 0 N–H and O–H groups in total. The molecule has 0 atom stereocenters. The monoisotopic (exact) mass is 451 g/mol. The van der Waals surface area contributed by atoms with Crippen LogP contribution in [-0.2, 0) is 11.3 Å². The smallest absolute Gasteiger partial charge is 0.489 e. The summed E-state index contributed by atoms with van der Waals surface area (Å²) in [5, 5.41) is 0. The first-order chi connectivity index (χ1) is 15.8. The van der Waals surface area contributed by atoms with Crippen molar-refractivity contribution in [2.45, 2.75) is 53.1 Å². The van der Waals surface area contributed by atoms with Gasteiger partial charge >= 0.3 is 6.16 Å². The third-order valence-corrected chi connectivity index (χ3v) is 5.11. The van der Waals surface area contributed by atoms with Gasteiger partial charge in [-0.25, -0.2) is 9.18 Å². The highest BCUT2D eigenvalue weighted by Crippen LogP contribution is 2.42. The molecular weight excluding hydrogens is 421 g/mol. The zero-order valence-corrected chi connectivity index (χ0v) is 19.7. The molecule has 1 heterocycles. The fourth-order valence-corrected chi connectivity index (χ4v) is 3.58. The van der Waals surface area contributed by atoms with Crippen LogP contribution < -0.4 is 9.47 Å². The number of carbonyl (C=O) groups excluding carboxylic acids is 1. The van der Waals surface area contributed by atoms with E-state index in [2.05, 4.69) is 13.8 Å². The summed E-state index contributed by atoms with van der Waals surface area (Å²) in [6.45, 7) is 10.2. The summed E-state index contributed by atoms with van der Waals surface area (Å²) in [6, 6.07) is 15.6. The van der Waals surface area contributed by atoms with Crippen molar-refractivity contribution in [3.8, 4) is 22.6 Å². The lowest BCUT2D eigenvalue weighted by Gasteiger charge is -2.24. The molecule has 0 saturated heterocycles. The summed E-state index contributed by atoms with van der Waals surface area (Å²) < 4.78 is 30.6. The minimum absolute atomic E-state index is 0.0322. The Bertz CT molecular complexity index is 1080. The molecule has 0 spiro atoms. The van der Waals surface area contributed by atoms with Crippen LogP contribution in [0.2, 0.25) is 0 Å². The van der Waals surface area contributed by atoms with E-state index in [9.17, 15) is 9.18 Å². The number of aromatic nitrogens is 1. The number of nitrogens with zero attached hydrogens (tertiary/aromatic N) is 1. The van der Waals surface area contributed by atoms with Gasteiger partial charge in [-0.1, -0.05) is 58.0 Å². The molecule has 6 heteroatoms. The van der Waals surface area contributed by atoms with Gasteiger partial charge < -0.3 is 14.2 Å². The van der Waals surface area contributed by atoms with Crippen LogP contribution in [0.15, 0.2) is 54.6 Å². The Kier molecular flexibility index (Phi) is 8.04. The van der Waals surface area contributed by atoms with Gasteiger partial charge in [0.25, 0.3) is 0 Å². The first-order valence-corrected chi connectivity index (χ1v) is 11.2. The van der Waals surface area contributed by atoms with Crippen molar-refractivity contribution in [2.24, 2.45) is 0 Å². The lowest BCUT2D eigenvalue weighted by atomic mass is 9.91. The van der Waals surface area contributed by atoms with E-state index in [-0.39, 0.29) is 30.9 Å². The molecule has 0 aliphatic carbocycles. The van der Waals surface area contributed by atoms with Crippen molar-refractivity contribution in [2.75, 3.05) is 6.61 Å². The Morgan fingerprint density at radius 1 is 0.939 bits per heavy atom. The molecule has 0 radical (unpaired) electrons. The van der Waals surface area contributed by atoms with E-state index >= 15 is 0 Å². The second kappa shape index (κ2) is 10.9. The van der Waals surface area contributed by atoms with Crippen molar-refractivity contribution in [1.82, 2.24) is 4.98 Å². The van der Waals surface area contributed by atoms with Crippen LogP contribution in [0.3, 0.4) is 0 Å². The van der Waals surface area contributed by atoms with Gasteiger partial charge in [0.05, 0.1) is 18.0 Å². The normalized spacial score (nSPS) is 11.0. The number of hydrogen-bond donors (Lipinski definition) is 0. The molecule has 0 aliphatic heterocycles. The van der Waals surface area contributed by atoms with Gasteiger partial charge in [-0.15, -0.1) is 0 Å². The first kappa shape index (κ1) is 24.2. The topological polar surface area (TPSA) is 57.7 Å². The SMILES string of the molecule is CCOC(=O)Oc1c(C(C)C)nc(C(C)C)c(COc2ccccc2)c1-c1ccc(F)cc1. The van der Waals surface area contributed by atoms with Crippen LogP contribution >= 0.6 is 0 Å². The van der Waals surface area contributed by atoms with Crippen molar-refractivity contribution < 1.29 is 23.4 Å². The average molecular weight is 452 g/mol. The van der Waals surface area contributed by atoms with Gasteiger partial charge in [0, 0.05) is 11.1 Å². The lowest BCUT2D eigenvalue weighted by molar-refractivity contribution is 0.104. The van der Waals surface area contributed by atoms with E-state index in [1.807, 2.05) is 44.2 Å². The number of hydrogen-bond acceptors (Lipinski definition) is 5. The van der Waals surface area contributed by atoms with Gasteiger partial charge in [0.2, 0.25) is 0 Å². The highest BCUT2D eigenvalue weighted by molar-refractivity contribution is 5.79. The summed E-state index contributed by atoms with van der Waals surface area (Å²) in [4.78, 5) is 17.3. The second-order valence-corrected chi connectivity index (χ2v) is 8.27. The van der Waals surface area contributed by atoms with Gasteiger partial charge in [0.1, 0.15) is 18.2 Å². The van der Waals surface area contributed by atoms with Crippen LogP contribution in [0.25, 0.3) is 11.1 Å². The Balaban J connectivity index is 2.26. The van der Waals surface area contributed by atoms with Crippen LogP contribution in [-0.4, -0.2) is 17.7 Å². The van der Waals surface area contributed by atoms with Crippen molar-refractivity contribution in [1.29, 1.82) is 0 Å². The summed E-state index contributed by atoms with van der Waals surface area (Å²) in [5.41, 5.74) is 3.61. The van der Waals surface area contributed by atoms with Gasteiger partial charge in [0.15, 0.2) is 5.75 Å². The standard InChI is InChI=1S/C27H30FNO4/c1-6-31-27(30)33-26-23(19-12-14-20(28)15-13-19)22(16-32-21-10-8-7-9-11-21)24(17(2)3)29-25(26)18(4)5/h7-15,17-18H,6,16H2,1-5H3. The molecule has 0 bridgehead atoms. The maximum absolute atomic E-state index is 13.8. The van der Waals surface area contributed by atoms with Gasteiger partial charge in [-0.3, -0.25) is 4.98 Å². The van der Waals surface area contributed by atoms with E-state index in [1.54, 1.807) is 19.1 Å². The molecule has 174 valence electrons. The quantitative estimate of drug-likeness (QED) is 0.338. The molecule has 2 aromatic carbocycles. The van der Waals surface area contributed by atoms with E-state index < -0.39 is 6.16 Å². The molecule has 0 saturated carbocycles. The van der Waals surface area contributed by atoms with E-state index in [0.29, 0.717) is 28.3 Å². The molecular formula is C27H30FNO4. The minimum Gasteiger partial charge on any atom is -0.489 e. The molecule has 1 aromatic heterocycles. The summed E-state index contributed by atoms with van der Waals surface area (Å²) in [7, 11) is 0. The van der Waals surface area contributed by atoms with Crippen molar-refractivity contribution in [3.05, 3.63) is 77.4 Å². The minimum atomic E-state index is -0.809. The summed E-state index contributed by atoms with van der Waals surface area (Å²) in [5.74, 6) is 0.711. The molecule has 5 nitrogen and oxygen atoms in total. The number of benzene rings is 2. The van der Waals surface area contributed by atoms with Crippen LogP contribution in [0.5, 0.6) is 11.5 Å². The van der Waals surface area contributed by atoms with E-state index in [0.717, 1.165) is 11.3 Å². The maximum Gasteiger partial charge on any atom is 0.513 e. The van der Waals surface area contributed by atoms with Crippen molar-refractivity contribution in [3.63, 3.8) is 0 Å². The fourth-order valence-electron chi connectivity index (χ4n) is 3.58. The molecule has 3 rings (SSSR count). The average Bonchev–Trinajstić information content (AvgIpc) is 2.78. The van der Waals surface area contributed by atoms with E-state index in [1.165, 1.54) is 12.1 Å². The predicted octanol–water partition coefficient (Wildman–Crippen LogP) is 7.25. The molecule has 0 fully saturated rings. The van der Waals surface area contributed by atoms with Crippen molar-refractivity contribution >= 4 is 6.16 Å². The fraction of sp³-hybridized carbons (Fsp3) is 0.333. The summed E-state index contributed by atoms with van der Waals surface area (Å²) in [6.07, 6.45) is -0.809. The predicted molar refractivity (Wildman–Crippen MR) is 126 cm³/mol. The largest absolute Gasteiger partial charge is 0.513 e. The van der Waals surface area contributed by atoms with Gasteiger partial charge in [-0.2, -0.15) is 0 Å². The number of rotatable bonds is 8. The van der Waals surface area contributed by atoms with Crippen LogP contribution in [0.4, 0.5) is 9.18 Å². The zero-order valence-electron chi connectivity index (χ0n) is 19.7. The second-order valence-electron chi connectivity index (χ2n) is 8.27. The third-order valence-electron chi connectivity index (χ3n) is 5.11. The number of carbonyl (C=O) groups is 1. The Labute approximate surface area is 194 Å². The van der Waals surface area contributed by atoms with E-state index in [4.69, 9.17) is 19.2 Å². The number of halogens is 1. The number of para-hydroxylation sites is 1. The number of ether oxygens (including phenoxy) is 3. The maximum atomic E-state index is 13.8. The number of pyridine rings is 1. The summed E-state index contributed by atoms with van der Waals surface area (Å²) >= 11 is 0. The molecule has 0 amide bonds. The Morgan fingerprint density at radius 3 is 2.15 bits per heavy atom. The zero-order chi connectivity index (χ0) is 24.0. The van der Waals surface area contributed by atoms with Crippen LogP contribution in [0.1, 0.15) is 63.4 Å². The Hall–Kier alpha value is -3.41. The highest BCUT2D eigenvalue weighted by Gasteiger charge is 2.27. The Morgan fingerprint density at radius 2 is 1.58 bits per heavy atom. The first-order valence-electron chi connectivity index (χ1n) is 11.2. The highest BCUT2D eigenvalue weighted by atomic mass is 19.1. The molecule has 3 aromatic rings. The van der Waals surface area contributed by atoms with Crippen LogP contribution in [0, 0.1) is 5.82 Å². The molecule has 0 aliphatic rings. The molecule has 33 heavy (non-hydrogen) atoms. The molecule has 0 unspecified atom stereocenters. The lowest BCUT2D eigenvalue weighted by Crippen LogP contribution is -2.17. The third kappa shape index (κ3) is 5.89. The van der Waals surface area contributed by atoms with Gasteiger partial charge in [-0.05, 0) is 48.6 Å².